The smallest absolute Gasteiger partial charge is 0.135 e. The number of para-hydroxylation sites is 2. The van der Waals surface area contributed by atoms with Crippen molar-refractivity contribution in [2.45, 2.75) is 37.5 Å². The molecular weight excluding hydrogens is 667 g/mol. The Bertz CT molecular complexity index is 2830. The van der Waals surface area contributed by atoms with Gasteiger partial charge in [0.05, 0.1) is 5.69 Å². The van der Waals surface area contributed by atoms with Crippen LogP contribution in [0.15, 0.2) is 186 Å². The summed E-state index contributed by atoms with van der Waals surface area (Å²) in [5, 5.41) is 4.71. The summed E-state index contributed by atoms with van der Waals surface area (Å²) in [5.74, 6) is 0.944. The maximum Gasteiger partial charge on any atom is 0.135 e. The van der Waals surface area contributed by atoms with Crippen molar-refractivity contribution >= 4 is 49.8 Å². The number of furan rings is 1. The maximum atomic E-state index is 6.30. The summed E-state index contributed by atoms with van der Waals surface area (Å²) in [6, 6.07) is 66.6. The predicted octanol–water partition coefficient (Wildman–Crippen LogP) is 15.0. The van der Waals surface area contributed by atoms with Gasteiger partial charge in [-0.05, 0) is 130 Å². The Hall–Kier alpha value is -6.38. The molecule has 0 unspecified atom stereocenters. The van der Waals surface area contributed by atoms with Gasteiger partial charge in [-0.2, -0.15) is 0 Å². The van der Waals surface area contributed by atoms with Gasteiger partial charge in [-0.15, -0.1) is 0 Å². The van der Waals surface area contributed by atoms with Crippen LogP contribution in [0.4, 0.5) is 17.1 Å². The van der Waals surface area contributed by atoms with Gasteiger partial charge in [-0.1, -0.05) is 140 Å². The fraction of sp³-hybridized carbons (Fsp3) is 0.132. The minimum atomic E-state index is 0.425. The third kappa shape index (κ3) is 5.39. The molecule has 0 spiro atoms. The van der Waals surface area contributed by atoms with Gasteiger partial charge in [0.15, 0.2) is 0 Å². The Morgan fingerprint density at radius 2 is 1.11 bits per heavy atom. The minimum Gasteiger partial charge on any atom is -0.456 e. The number of benzene rings is 8. The normalized spacial score (nSPS) is 17.7. The first kappa shape index (κ1) is 32.1. The number of anilines is 3. The van der Waals surface area contributed by atoms with Gasteiger partial charge >= 0.3 is 0 Å². The van der Waals surface area contributed by atoms with Gasteiger partial charge in [0.2, 0.25) is 0 Å². The summed E-state index contributed by atoms with van der Waals surface area (Å²) in [6.07, 6.45) is 6.90. The van der Waals surface area contributed by atoms with Crippen molar-refractivity contribution in [1.82, 2.24) is 0 Å². The highest BCUT2D eigenvalue weighted by Gasteiger charge is 2.45. The second kappa shape index (κ2) is 12.9. The molecule has 0 atom stereocenters. The zero-order valence-corrected chi connectivity index (χ0v) is 30.8. The average molecular weight is 708 g/mol. The highest BCUT2D eigenvalue weighted by molar-refractivity contribution is 6.10. The molecular formula is C53H41NO. The maximum absolute atomic E-state index is 6.30. The second-order valence-corrected chi connectivity index (χ2v) is 15.8. The van der Waals surface area contributed by atoms with Gasteiger partial charge < -0.3 is 9.32 Å². The van der Waals surface area contributed by atoms with Crippen molar-refractivity contribution in [1.29, 1.82) is 0 Å². The molecule has 0 radical (unpaired) electrons. The first-order valence-corrected chi connectivity index (χ1v) is 19.8. The molecule has 1 heterocycles. The standard InChI is InChI=1S/C53H41NO/c1-2-10-39(11-3-1)44-16-8-12-40-13-9-17-47(52(40)44)45-14-4-6-18-49(45)54(43-28-29-51-48(34-43)46-15-5-7-19-50(46)55-51)42-26-22-38(23-27-42)37-20-24-41(25-21-37)53-32-30-36(35-53)31-33-53/h1-29,34,36H,30-33,35H2. The van der Waals surface area contributed by atoms with E-state index >= 15 is 0 Å². The van der Waals surface area contributed by atoms with E-state index in [1.165, 1.54) is 76.3 Å². The summed E-state index contributed by atoms with van der Waals surface area (Å²) in [4.78, 5) is 2.42. The van der Waals surface area contributed by atoms with E-state index in [2.05, 4.69) is 181 Å². The first-order valence-electron chi connectivity index (χ1n) is 19.8. The van der Waals surface area contributed by atoms with Gasteiger partial charge in [0.1, 0.15) is 11.2 Å². The fourth-order valence-corrected chi connectivity index (χ4v) is 10.0. The van der Waals surface area contributed by atoms with Crippen molar-refractivity contribution in [2.75, 3.05) is 4.90 Å². The van der Waals surface area contributed by atoms with Crippen LogP contribution in [0.2, 0.25) is 0 Å². The lowest BCUT2D eigenvalue weighted by atomic mass is 9.77. The first-order chi connectivity index (χ1) is 27.2. The Morgan fingerprint density at radius 1 is 0.473 bits per heavy atom. The van der Waals surface area contributed by atoms with Crippen molar-refractivity contribution in [2.24, 2.45) is 5.92 Å². The molecule has 0 N–H and O–H groups in total. The van der Waals surface area contributed by atoms with E-state index in [0.717, 1.165) is 44.9 Å². The lowest BCUT2D eigenvalue weighted by Crippen LogP contribution is -2.19. The highest BCUT2D eigenvalue weighted by atomic mass is 16.3. The van der Waals surface area contributed by atoms with Crippen LogP contribution in [-0.2, 0) is 5.41 Å². The quantitative estimate of drug-likeness (QED) is 0.164. The van der Waals surface area contributed by atoms with Crippen LogP contribution in [0.5, 0.6) is 0 Å². The molecule has 55 heavy (non-hydrogen) atoms. The molecule has 1 aromatic heterocycles. The van der Waals surface area contributed by atoms with E-state index in [1.54, 1.807) is 5.56 Å². The molecule has 9 aromatic rings. The Kier molecular flexibility index (Phi) is 7.52. The number of nitrogens with zero attached hydrogens (tertiary/aromatic N) is 1. The molecule has 0 aliphatic heterocycles. The lowest BCUT2D eigenvalue weighted by Gasteiger charge is -2.29. The Balaban J connectivity index is 1.06. The summed E-state index contributed by atoms with van der Waals surface area (Å²) in [5.41, 5.74) is 14.4. The van der Waals surface area contributed by atoms with Crippen LogP contribution in [-0.4, -0.2) is 0 Å². The minimum absolute atomic E-state index is 0.425. The molecule has 0 amide bonds. The van der Waals surface area contributed by atoms with E-state index < -0.39 is 0 Å². The van der Waals surface area contributed by atoms with Crippen molar-refractivity contribution < 1.29 is 4.42 Å². The largest absolute Gasteiger partial charge is 0.456 e. The van der Waals surface area contributed by atoms with Crippen LogP contribution in [0.1, 0.15) is 37.7 Å². The van der Waals surface area contributed by atoms with Crippen LogP contribution >= 0.6 is 0 Å². The summed E-state index contributed by atoms with van der Waals surface area (Å²) in [6.45, 7) is 0. The van der Waals surface area contributed by atoms with Crippen LogP contribution in [0, 0.1) is 5.92 Å². The molecule has 2 aliphatic carbocycles. The van der Waals surface area contributed by atoms with Crippen molar-refractivity contribution in [3.05, 3.63) is 188 Å². The second-order valence-electron chi connectivity index (χ2n) is 15.8. The van der Waals surface area contributed by atoms with Gasteiger partial charge in [0, 0.05) is 27.7 Å². The molecule has 2 heteroatoms. The van der Waals surface area contributed by atoms with E-state index in [9.17, 15) is 0 Å². The van der Waals surface area contributed by atoms with E-state index in [-0.39, 0.29) is 0 Å². The molecule has 0 saturated heterocycles. The number of hydrogen-bond acceptors (Lipinski definition) is 2. The molecule has 2 fully saturated rings. The SMILES string of the molecule is c1ccc(-c2cccc3cccc(-c4ccccc4N(c4ccc(-c5ccc(C67CCC(CC6)C7)cc5)cc4)c4ccc5oc6ccccc6c5c4)c23)cc1. The molecule has 264 valence electrons. The summed E-state index contributed by atoms with van der Waals surface area (Å²) >= 11 is 0. The molecule has 2 saturated carbocycles. The zero-order valence-electron chi connectivity index (χ0n) is 30.8. The summed E-state index contributed by atoms with van der Waals surface area (Å²) in [7, 11) is 0. The average Bonchev–Trinajstić information content (AvgIpc) is 3.99. The zero-order chi connectivity index (χ0) is 36.3. The Morgan fingerprint density at radius 3 is 1.87 bits per heavy atom. The molecule has 11 rings (SSSR count). The van der Waals surface area contributed by atoms with E-state index in [4.69, 9.17) is 4.42 Å². The number of hydrogen-bond donors (Lipinski definition) is 0. The highest BCUT2D eigenvalue weighted by Crippen LogP contribution is 2.55. The summed E-state index contributed by atoms with van der Waals surface area (Å²) < 4.78 is 6.30. The van der Waals surface area contributed by atoms with Gasteiger partial charge in [-0.3, -0.25) is 0 Å². The van der Waals surface area contributed by atoms with Gasteiger partial charge in [0.25, 0.3) is 0 Å². The third-order valence-corrected chi connectivity index (χ3v) is 12.7. The van der Waals surface area contributed by atoms with Crippen molar-refractivity contribution in [3.63, 3.8) is 0 Å². The predicted molar refractivity (Wildman–Crippen MR) is 230 cm³/mol. The number of rotatable bonds is 7. The molecule has 2 bridgehead atoms. The monoisotopic (exact) mass is 707 g/mol. The van der Waals surface area contributed by atoms with Crippen LogP contribution < -0.4 is 4.90 Å². The number of fused-ring (bicyclic) bond motifs is 6. The van der Waals surface area contributed by atoms with Crippen molar-refractivity contribution in [3.8, 4) is 33.4 Å². The molecule has 2 aliphatic rings. The van der Waals surface area contributed by atoms with E-state index in [0.29, 0.717) is 5.41 Å². The Labute approximate surface area is 322 Å². The fourth-order valence-electron chi connectivity index (χ4n) is 10.0. The van der Waals surface area contributed by atoms with Crippen LogP contribution in [0.25, 0.3) is 66.1 Å². The topological polar surface area (TPSA) is 16.4 Å². The molecule has 8 aromatic carbocycles. The molecule has 2 nitrogen and oxygen atoms in total. The lowest BCUT2D eigenvalue weighted by molar-refractivity contribution is 0.419. The third-order valence-electron chi connectivity index (χ3n) is 12.7. The van der Waals surface area contributed by atoms with Gasteiger partial charge in [-0.25, -0.2) is 0 Å². The van der Waals surface area contributed by atoms with Crippen LogP contribution in [0.3, 0.4) is 0 Å². The van der Waals surface area contributed by atoms with E-state index in [1.807, 2.05) is 6.07 Å².